The Morgan fingerprint density at radius 2 is 2.04 bits per heavy atom. The van der Waals surface area contributed by atoms with E-state index in [2.05, 4.69) is 29.4 Å². The summed E-state index contributed by atoms with van der Waals surface area (Å²) in [5.41, 5.74) is 3.33. The lowest BCUT2D eigenvalue weighted by molar-refractivity contribution is 0.0732. The molecule has 1 aliphatic rings. The van der Waals surface area contributed by atoms with E-state index in [0.29, 0.717) is 29.4 Å². The van der Waals surface area contributed by atoms with Gasteiger partial charge in [-0.25, -0.2) is 0 Å². The van der Waals surface area contributed by atoms with Crippen molar-refractivity contribution in [2.24, 2.45) is 0 Å². The van der Waals surface area contributed by atoms with Crippen LogP contribution in [-0.2, 0) is 13.0 Å². The lowest BCUT2D eigenvalue weighted by Gasteiger charge is -2.29. The summed E-state index contributed by atoms with van der Waals surface area (Å²) in [5.74, 6) is -0.254. The van der Waals surface area contributed by atoms with Crippen LogP contribution in [-0.4, -0.2) is 28.6 Å². The minimum atomic E-state index is -0.372. The number of carbonyl (C=O) groups is 1. The number of hydrogen-bond donors (Lipinski definition) is 1. The Morgan fingerprint density at radius 1 is 1.29 bits per heavy atom. The fourth-order valence-corrected chi connectivity index (χ4v) is 3.70. The molecule has 4 nitrogen and oxygen atoms in total. The maximum atomic E-state index is 12.9. The Bertz CT molecular complexity index is 876. The molecule has 0 aliphatic carbocycles. The molecule has 0 atom stereocenters. The van der Waals surface area contributed by atoms with Crippen LogP contribution in [0.15, 0.2) is 27.9 Å². The highest BCUT2D eigenvalue weighted by Gasteiger charge is 2.26. The second-order valence-electron chi connectivity index (χ2n) is 6.00. The number of benzene rings is 1. The molecule has 2 aromatic rings. The number of aromatic amines is 1. The van der Waals surface area contributed by atoms with E-state index < -0.39 is 0 Å². The number of pyridine rings is 1. The van der Waals surface area contributed by atoms with E-state index in [1.165, 1.54) is 10.5 Å². The molecule has 0 fully saturated rings. The zero-order valence-electron chi connectivity index (χ0n) is 13.9. The van der Waals surface area contributed by atoms with Crippen molar-refractivity contribution in [1.82, 2.24) is 9.88 Å². The number of nitrogens with zero attached hydrogens (tertiary/aromatic N) is 1. The van der Waals surface area contributed by atoms with Gasteiger partial charge in [-0.3, -0.25) is 9.59 Å². The predicted molar refractivity (Wildman–Crippen MR) is 98.2 cm³/mol. The fraction of sp³-hybridized carbons (Fsp3) is 0.333. The summed E-state index contributed by atoms with van der Waals surface area (Å²) < 4.78 is 0. The maximum absolute atomic E-state index is 12.9. The molecule has 126 valence electrons. The van der Waals surface area contributed by atoms with Crippen LogP contribution in [0.3, 0.4) is 0 Å². The van der Waals surface area contributed by atoms with Gasteiger partial charge in [0.05, 0.1) is 5.02 Å². The summed E-state index contributed by atoms with van der Waals surface area (Å²) in [7, 11) is 0. The van der Waals surface area contributed by atoms with Crippen LogP contribution in [0.5, 0.6) is 0 Å². The van der Waals surface area contributed by atoms with Crippen LogP contribution in [0.4, 0.5) is 0 Å². The molecule has 1 amide bonds. The van der Waals surface area contributed by atoms with Gasteiger partial charge in [-0.05, 0) is 55.3 Å². The van der Waals surface area contributed by atoms with Gasteiger partial charge >= 0.3 is 0 Å². The van der Waals surface area contributed by atoms with Gasteiger partial charge in [-0.2, -0.15) is 0 Å². The van der Waals surface area contributed by atoms with Gasteiger partial charge in [-0.1, -0.05) is 17.7 Å². The van der Waals surface area contributed by atoms with E-state index in [1.54, 1.807) is 30.5 Å². The summed E-state index contributed by atoms with van der Waals surface area (Å²) in [6, 6.07) is 6.32. The van der Waals surface area contributed by atoms with Gasteiger partial charge in [0, 0.05) is 23.7 Å². The number of hydrogen-bond acceptors (Lipinski definition) is 3. The molecule has 1 aliphatic heterocycles. The molecule has 0 saturated heterocycles. The Morgan fingerprint density at radius 3 is 2.75 bits per heavy atom. The van der Waals surface area contributed by atoms with E-state index >= 15 is 0 Å². The molecule has 6 heteroatoms. The first-order valence-electron chi connectivity index (χ1n) is 7.76. The van der Waals surface area contributed by atoms with E-state index in [-0.39, 0.29) is 17.0 Å². The quantitative estimate of drug-likeness (QED) is 0.831. The zero-order chi connectivity index (χ0) is 17.4. The number of halogens is 1. The van der Waals surface area contributed by atoms with Crippen LogP contribution in [0, 0.1) is 13.8 Å². The Balaban J connectivity index is 1.93. The third-order valence-electron chi connectivity index (χ3n) is 4.49. The lowest BCUT2D eigenvalue weighted by atomic mass is 9.98. The number of H-pyrrole nitrogens is 1. The highest BCUT2D eigenvalue weighted by atomic mass is 35.5. The molecule has 24 heavy (non-hydrogen) atoms. The summed E-state index contributed by atoms with van der Waals surface area (Å²) >= 11 is 7.92. The van der Waals surface area contributed by atoms with E-state index in [1.807, 2.05) is 0 Å². The van der Waals surface area contributed by atoms with Crippen molar-refractivity contribution in [2.45, 2.75) is 31.7 Å². The summed E-state index contributed by atoms with van der Waals surface area (Å²) in [6.45, 7) is 4.58. The minimum Gasteiger partial charge on any atom is -0.334 e. The minimum absolute atomic E-state index is 0.148. The predicted octanol–water partition coefficient (Wildman–Crippen LogP) is 3.57. The van der Waals surface area contributed by atoms with Crippen LogP contribution in [0.1, 0.15) is 32.7 Å². The summed E-state index contributed by atoms with van der Waals surface area (Å²) in [6.07, 6.45) is 2.85. The SMILES string of the molecule is CSc1ccc2c(c1)CCN(C(=O)c1c(C)c(Cl)c(C)[nH]c1=O)C2. The molecule has 0 saturated carbocycles. The van der Waals surface area contributed by atoms with Crippen LogP contribution < -0.4 is 5.56 Å². The second kappa shape index (κ2) is 6.65. The number of carbonyl (C=O) groups excluding carboxylic acids is 1. The average Bonchev–Trinajstić information content (AvgIpc) is 2.58. The van der Waals surface area contributed by atoms with Crippen molar-refractivity contribution in [3.63, 3.8) is 0 Å². The standard InChI is InChI=1S/C18H19ClN2O2S/c1-10-15(17(22)20-11(2)16(10)19)18(23)21-7-6-12-8-14(24-3)5-4-13(12)9-21/h4-5,8H,6-7,9H2,1-3H3,(H,20,22). The zero-order valence-corrected chi connectivity index (χ0v) is 15.5. The summed E-state index contributed by atoms with van der Waals surface area (Å²) in [4.78, 5) is 30.8. The smallest absolute Gasteiger partial charge is 0.261 e. The van der Waals surface area contributed by atoms with Gasteiger partial charge in [0.25, 0.3) is 11.5 Å². The number of fused-ring (bicyclic) bond motifs is 1. The van der Waals surface area contributed by atoms with Crippen LogP contribution in [0.25, 0.3) is 0 Å². The molecule has 0 radical (unpaired) electrons. The molecule has 0 bridgehead atoms. The number of nitrogens with one attached hydrogen (secondary N) is 1. The van der Waals surface area contributed by atoms with Gasteiger partial charge in [0.2, 0.25) is 0 Å². The third-order valence-corrected chi connectivity index (χ3v) is 5.78. The largest absolute Gasteiger partial charge is 0.334 e. The number of amides is 1. The van der Waals surface area contributed by atoms with Crippen molar-refractivity contribution < 1.29 is 4.79 Å². The molecule has 2 heterocycles. The van der Waals surface area contributed by atoms with E-state index in [9.17, 15) is 9.59 Å². The molecule has 0 spiro atoms. The van der Waals surface area contributed by atoms with Crippen molar-refractivity contribution in [2.75, 3.05) is 12.8 Å². The molecular weight excluding hydrogens is 344 g/mol. The van der Waals surface area contributed by atoms with Crippen molar-refractivity contribution in [3.8, 4) is 0 Å². The molecule has 3 rings (SSSR count). The normalized spacial score (nSPS) is 13.8. The highest BCUT2D eigenvalue weighted by Crippen LogP contribution is 2.26. The summed E-state index contributed by atoms with van der Waals surface area (Å²) in [5, 5.41) is 0.444. The van der Waals surface area contributed by atoms with Gasteiger partial charge in [0.1, 0.15) is 5.56 Å². The average molecular weight is 363 g/mol. The van der Waals surface area contributed by atoms with Crippen LogP contribution in [0.2, 0.25) is 5.02 Å². The van der Waals surface area contributed by atoms with Crippen molar-refractivity contribution >= 4 is 29.3 Å². The molecule has 1 aromatic carbocycles. The Kier molecular flexibility index (Phi) is 4.74. The molecule has 1 N–H and O–H groups in total. The molecule has 1 aromatic heterocycles. The van der Waals surface area contributed by atoms with Gasteiger partial charge < -0.3 is 9.88 Å². The second-order valence-corrected chi connectivity index (χ2v) is 7.26. The lowest BCUT2D eigenvalue weighted by Crippen LogP contribution is -2.39. The molecule has 0 unspecified atom stereocenters. The van der Waals surface area contributed by atoms with Crippen LogP contribution >= 0.6 is 23.4 Å². The number of aryl methyl sites for hydroxylation is 1. The number of thioether (sulfide) groups is 1. The van der Waals surface area contributed by atoms with E-state index in [0.717, 1.165) is 12.0 Å². The molecular formula is C18H19ClN2O2S. The Hall–Kier alpha value is -1.72. The number of aromatic nitrogens is 1. The first kappa shape index (κ1) is 17.1. The highest BCUT2D eigenvalue weighted by molar-refractivity contribution is 7.98. The Labute approximate surface area is 150 Å². The first-order valence-corrected chi connectivity index (χ1v) is 9.36. The van der Waals surface area contributed by atoms with E-state index in [4.69, 9.17) is 11.6 Å². The van der Waals surface area contributed by atoms with Gasteiger partial charge in [-0.15, -0.1) is 11.8 Å². The monoisotopic (exact) mass is 362 g/mol. The first-order chi connectivity index (χ1) is 11.4. The van der Waals surface area contributed by atoms with Crippen molar-refractivity contribution in [1.29, 1.82) is 0 Å². The fourth-order valence-electron chi connectivity index (χ4n) is 3.09. The van der Waals surface area contributed by atoms with Gasteiger partial charge in [0.15, 0.2) is 0 Å². The third kappa shape index (κ3) is 2.98. The van der Waals surface area contributed by atoms with Crippen molar-refractivity contribution in [3.05, 3.63) is 61.5 Å². The number of rotatable bonds is 2. The topological polar surface area (TPSA) is 53.2 Å². The maximum Gasteiger partial charge on any atom is 0.261 e.